The average Bonchev–Trinajstić information content (AvgIpc) is 3.38. The molecule has 3 heterocycles. The van der Waals surface area contributed by atoms with Crippen molar-refractivity contribution in [3.05, 3.63) is 53.6 Å². The minimum absolute atomic E-state index is 0.291. The molecule has 3 atom stereocenters. The molecule has 0 spiro atoms. The van der Waals surface area contributed by atoms with E-state index in [1.807, 2.05) is 4.40 Å². The summed E-state index contributed by atoms with van der Waals surface area (Å²) in [5, 5.41) is 31.6. The molecule has 1 saturated heterocycles. The topological polar surface area (TPSA) is 95.6 Å². The highest BCUT2D eigenvalue weighted by Crippen LogP contribution is 2.41. The molecule has 7 nitrogen and oxygen atoms in total. The maximum absolute atomic E-state index is 10.2. The van der Waals surface area contributed by atoms with Crippen molar-refractivity contribution in [2.24, 2.45) is 0 Å². The molecule has 0 radical (unpaired) electrons. The third-order valence-corrected chi connectivity index (χ3v) is 6.60. The van der Waals surface area contributed by atoms with E-state index in [2.05, 4.69) is 44.8 Å². The second-order valence-electron chi connectivity index (χ2n) is 7.21. The molecule has 27 heavy (non-hydrogen) atoms. The molecule has 0 unspecified atom stereocenters. The lowest BCUT2D eigenvalue weighted by Crippen LogP contribution is -2.25. The van der Waals surface area contributed by atoms with Gasteiger partial charge in [0.25, 0.3) is 0 Å². The molecular formula is C19H21N5O2S. The van der Waals surface area contributed by atoms with E-state index < -0.39 is 12.2 Å². The summed E-state index contributed by atoms with van der Waals surface area (Å²) in [6.07, 6.45) is 4.51. The molecule has 3 aromatic rings. The van der Waals surface area contributed by atoms with E-state index >= 15 is 0 Å². The summed E-state index contributed by atoms with van der Waals surface area (Å²) in [6, 6.07) is 8.68. The predicted octanol–water partition coefficient (Wildman–Crippen LogP) is 2.12. The third kappa shape index (κ3) is 3.18. The lowest BCUT2D eigenvalue weighted by molar-refractivity contribution is 0.0404. The van der Waals surface area contributed by atoms with Gasteiger partial charge < -0.3 is 15.5 Å². The first-order chi connectivity index (χ1) is 13.2. The van der Waals surface area contributed by atoms with E-state index in [0.717, 1.165) is 5.92 Å². The average molecular weight is 383 g/mol. The van der Waals surface area contributed by atoms with Crippen molar-refractivity contribution in [3.63, 3.8) is 0 Å². The summed E-state index contributed by atoms with van der Waals surface area (Å²) in [5.41, 5.74) is 3.25. The SMILES string of the molecule is O[C@@H]1[C@H](O)CS[C@H]1c1nnc2c(NCc3cccc(C4CC4)c3)nccn12. The van der Waals surface area contributed by atoms with E-state index in [4.69, 9.17) is 0 Å². The fourth-order valence-corrected chi connectivity index (χ4v) is 4.84. The molecule has 5 rings (SSSR count). The van der Waals surface area contributed by atoms with E-state index in [0.29, 0.717) is 29.6 Å². The van der Waals surface area contributed by atoms with Crippen LogP contribution in [0.4, 0.5) is 5.82 Å². The van der Waals surface area contributed by atoms with Crippen molar-refractivity contribution >= 4 is 23.2 Å². The van der Waals surface area contributed by atoms with Gasteiger partial charge in [-0.25, -0.2) is 4.98 Å². The number of nitrogens with zero attached hydrogens (tertiary/aromatic N) is 4. The van der Waals surface area contributed by atoms with E-state index in [1.165, 1.54) is 35.7 Å². The zero-order valence-corrected chi connectivity index (χ0v) is 15.5. The van der Waals surface area contributed by atoms with Crippen LogP contribution >= 0.6 is 11.8 Å². The first-order valence-corrected chi connectivity index (χ1v) is 10.3. The monoisotopic (exact) mass is 383 g/mol. The number of benzene rings is 1. The second kappa shape index (κ2) is 6.78. The Balaban J connectivity index is 1.39. The molecule has 1 aliphatic heterocycles. The van der Waals surface area contributed by atoms with Crippen LogP contribution in [0, 0.1) is 0 Å². The largest absolute Gasteiger partial charge is 0.390 e. The normalized spacial score (nSPS) is 25.2. The minimum Gasteiger partial charge on any atom is -0.390 e. The quantitative estimate of drug-likeness (QED) is 0.621. The zero-order valence-electron chi connectivity index (χ0n) is 14.7. The van der Waals surface area contributed by atoms with Gasteiger partial charge in [-0.1, -0.05) is 24.3 Å². The number of nitrogens with one attached hydrogen (secondary N) is 1. The number of aliphatic hydroxyl groups excluding tert-OH is 2. The van der Waals surface area contributed by atoms with Crippen LogP contribution in [0.1, 0.15) is 41.0 Å². The molecule has 2 fully saturated rings. The molecule has 2 aromatic heterocycles. The van der Waals surface area contributed by atoms with Gasteiger partial charge in [0.2, 0.25) is 5.65 Å². The number of fused-ring (bicyclic) bond motifs is 1. The van der Waals surface area contributed by atoms with Crippen LogP contribution in [-0.4, -0.2) is 47.8 Å². The Hall–Kier alpha value is -2.16. The number of rotatable bonds is 5. The predicted molar refractivity (Wildman–Crippen MR) is 104 cm³/mol. The molecule has 1 saturated carbocycles. The van der Waals surface area contributed by atoms with Crippen LogP contribution in [-0.2, 0) is 6.54 Å². The van der Waals surface area contributed by atoms with Gasteiger partial charge in [-0.05, 0) is 29.9 Å². The van der Waals surface area contributed by atoms with Gasteiger partial charge in [-0.15, -0.1) is 22.0 Å². The third-order valence-electron chi connectivity index (χ3n) is 5.22. The second-order valence-corrected chi connectivity index (χ2v) is 8.39. The zero-order chi connectivity index (χ0) is 18.4. The molecule has 140 valence electrons. The van der Waals surface area contributed by atoms with Crippen molar-refractivity contribution < 1.29 is 10.2 Å². The number of anilines is 1. The van der Waals surface area contributed by atoms with Crippen LogP contribution in [0.5, 0.6) is 0 Å². The van der Waals surface area contributed by atoms with E-state index in [-0.39, 0.29) is 5.25 Å². The van der Waals surface area contributed by atoms with E-state index in [1.54, 1.807) is 12.4 Å². The molecule has 2 aliphatic rings. The fraction of sp³-hybridized carbons (Fsp3) is 0.421. The number of thioether (sulfide) groups is 1. The van der Waals surface area contributed by atoms with Crippen molar-refractivity contribution in [2.75, 3.05) is 11.1 Å². The Morgan fingerprint density at radius 2 is 2.11 bits per heavy atom. The van der Waals surface area contributed by atoms with Gasteiger partial charge >= 0.3 is 0 Å². The van der Waals surface area contributed by atoms with Crippen LogP contribution < -0.4 is 5.32 Å². The standard InChI is InChI=1S/C19H21N5O2S/c25-14-10-27-16(15(14)26)18-22-23-19-17(20-6-7-24(18)19)21-9-11-2-1-3-13(8-11)12-4-5-12/h1-3,6-8,12,14-16,25-26H,4-5,9-10H2,(H,20,21)/t14-,15-,16-/m1/s1. The molecule has 0 amide bonds. The van der Waals surface area contributed by atoms with Crippen LogP contribution in [0.15, 0.2) is 36.7 Å². The highest BCUT2D eigenvalue weighted by molar-refractivity contribution is 7.99. The molecule has 3 N–H and O–H groups in total. The Kier molecular flexibility index (Phi) is 4.26. The molecule has 1 aromatic carbocycles. The maximum atomic E-state index is 10.2. The summed E-state index contributed by atoms with van der Waals surface area (Å²) in [6.45, 7) is 0.662. The van der Waals surface area contributed by atoms with Crippen LogP contribution in [0.2, 0.25) is 0 Å². The van der Waals surface area contributed by atoms with Crippen molar-refractivity contribution in [2.45, 2.75) is 42.8 Å². The van der Waals surface area contributed by atoms with Gasteiger partial charge in [-0.2, -0.15) is 0 Å². The lowest BCUT2D eigenvalue weighted by atomic mass is 10.1. The highest BCUT2D eigenvalue weighted by Gasteiger charge is 2.38. The maximum Gasteiger partial charge on any atom is 0.203 e. The summed E-state index contributed by atoms with van der Waals surface area (Å²) < 4.78 is 1.84. The Morgan fingerprint density at radius 3 is 2.89 bits per heavy atom. The summed E-state index contributed by atoms with van der Waals surface area (Å²) in [4.78, 5) is 4.41. The highest BCUT2D eigenvalue weighted by atomic mass is 32.2. The smallest absolute Gasteiger partial charge is 0.203 e. The number of aromatic nitrogens is 4. The van der Waals surface area contributed by atoms with Gasteiger partial charge in [0.1, 0.15) is 0 Å². The van der Waals surface area contributed by atoms with Gasteiger partial charge in [0.15, 0.2) is 11.6 Å². The number of hydrogen-bond acceptors (Lipinski definition) is 7. The van der Waals surface area contributed by atoms with Gasteiger partial charge in [-0.3, -0.25) is 4.40 Å². The molecular weight excluding hydrogens is 362 g/mol. The first-order valence-electron chi connectivity index (χ1n) is 9.21. The number of aliphatic hydroxyl groups is 2. The number of hydrogen-bond donors (Lipinski definition) is 3. The van der Waals surface area contributed by atoms with Crippen molar-refractivity contribution in [1.29, 1.82) is 0 Å². The molecule has 1 aliphatic carbocycles. The first kappa shape index (κ1) is 17.0. The fourth-order valence-electron chi connectivity index (χ4n) is 3.55. The van der Waals surface area contributed by atoms with Gasteiger partial charge in [0.05, 0.1) is 17.5 Å². The minimum atomic E-state index is -0.836. The summed E-state index contributed by atoms with van der Waals surface area (Å²) in [5.74, 6) is 2.52. The Bertz CT molecular complexity index is 974. The summed E-state index contributed by atoms with van der Waals surface area (Å²) in [7, 11) is 0. The van der Waals surface area contributed by atoms with E-state index in [9.17, 15) is 10.2 Å². The Morgan fingerprint density at radius 1 is 1.22 bits per heavy atom. The Labute approximate surface area is 160 Å². The van der Waals surface area contributed by atoms with Gasteiger partial charge in [0, 0.05) is 24.7 Å². The summed E-state index contributed by atoms with van der Waals surface area (Å²) >= 11 is 1.49. The molecule has 0 bridgehead atoms. The molecule has 8 heteroatoms. The van der Waals surface area contributed by atoms with Crippen LogP contribution in [0.25, 0.3) is 5.65 Å². The van der Waals surface area contributed by atoms with Crippen molar-refractivity contribution in [3.8, 4) is 0 Å². The van der Waals surface area contributed by atoms with Crippen molar-refractivity contribution in [1.82, 2.24) is 19.6 Å². The van der Waals surface area contributed by atoms with Crippen LogP contribution in [0.3, 0.4) is 0 Å². The lowest BCUT2D eigenvalue weighted by Gasteiger charge is -2.14.